The predicted molar refractivity (Wildman–Crippen MR) is 71.5 cm³/mol. The second kappa shape index (κ2) is 5.91. The summed E-state index contributed by atoms with van der Waals surface area (Å²) in [6, 6.07) is 0. The van der Waals surface area contributed by atoms with Gasteiger partial charge in [0.15, 0.2) is 0 Å². The van der Waals surface area contributed by atoms with E-state index in [0.29, 0.717) is 13.1 Å². The Morgan fingerprint density at radius 2 is 2.11 bits per heavy atom. The van der Waals surface area contributed by atoms with E-state index in [4.69, 9.17) is 4.74 Å². The van der Waals surface area contributed by atoms with Crippen LogP contribution in [0.15, 0.2) is 0 Å². The van der Waals surface area contributed by atoms with Crippen LogP contribution in [-0.4, -0.2) is 40.4 Å². The molecule has 0 spiro atoms. The molecule has 1 unspecified atom stereocenters. The number of hydrogen-bond donors (Lipinski definition) is 1. The van der Waals surface area contributed by atoms with E-state index in [0.717, 1.165) is 32.1 Å². The van der Waals surface area contributed by atoms with Gasteiger partial charge >= 0.3 is 6.09 Å². The molecule has 1 atom stereocenters. The van der Waals surface area contributed by atoms with E-state index in [9.17, 15) is 9.90 Å². The molecule has 1 aliphatic heterocycles. The van der Waals surface area contributed by atoms with Crippen LogP contribution in [0.3, 0.4) is 0 Å². The van der Waals surface area contributed by atoms with E-state index in [1.807, 2.05) is 20.8 Å². The number of nitrogens with zero attached hydrogens (tertiary/aromatic N) is 1. The molecule has 18 heavy (non-hydrogen) atoms. The summed E-state index contributed by atoms with van der Waals surface area (Å²) >= 11 is 0. The third-order valence-corrected chi connectivity index (χ3v) is 3.20. The summed E-state index contributed by atoms with van der Waals surface area (Å²) in [4.78, 5) is 13.6. The van der Waals surface area contributed by atoms with E-state index >= 15 is 0 Å². The van der Waals surface area contributed by atoms with Crippen LogP contribution in [0, 0.1) is 0 Å². The molecule has 0 aromatic heterocycles. The van der Waals surface area contributed by atoms with Crippen LogP contribution < -0.4 is 0 Å². The van der Waals surface area contributed by atoms with Crippen molar-refractivity contribution < 1.29 is 14.6 Å². The highest BCUT2D eigenvalue weighted by Crippen LogP contribution is 2.27. The molecule has 106 valence electrons. The van der Waals surface area contributed by atoms with Crippen molar-refractivity contribution in [2.75, 3.05) is 13.1 Å². The minimum atomic E-state index is -0.717. The first-order chi connectivity index (χ1) is 8.26. The number of carbonyl (C=O) groups is 1. The molecule has 1 saturated heterocycles. The van der Waals surface area contributed by atoms with E-state index in [-0.39, 0.29) is 6.09 Å². The molecule has 0 aromatic carbocycles. The number of piperidine rings is 1. The van der Waals surface area contributed by atoms with Crippen LogP contribution in [0.25, 0.3) is 0 Å². The molecular weight excluding hydrogens is 230 g/mol. The fraction of sp³-hybridized carbons (Fsp3) is 0.929. The van der Waals surface area contributed by atoms with Gasteiger partial charge in [-0.25, -0.2) is 4.79 Å². The molecule has 4 nitrogen and oxygen atoms in total. The largest absolute Gasteiger partial charge is 0.444 e. The zero-order valence-corrected chi connectivity index (χ0v) is 12.2. The van der Waals surface area contributed by atoms with Gasteiger partial charge in [0.2, 0.25) is 0 Å². The Kier molecular flexibility index (Phi) is 5.02. The van der Waals surface area contributed by atoms with Crippen molar-refractivity contribution in [2.24, 2.45) is 0 Å². The Balaban J connectivity index is 2.55. The van der Waals surface area contributed by atoms with E-state index in [1.165, 1.54) is 0 Å². The summed E-state index contributed by atoms with van der Waals surface area (Å²) < 4.78 is 5.35. The van der Waals surface area contributed by atoms with Gasteiger partial charge in [-0.1, -0.05) is 19.8 Å². The summed E-state index contributed by atoms with van der Waals surface area (Å²) in [5.41, 5.74) is -1.19. The van der Waals surface area contributed by atoms with Crippen molar-refractivity contribution in [1.29, 1.82) is 0 Å². The summed E-state index contributed by atoms with van der Waals surface area (Å²) in [6.07, 6.45) is 4.15. The third kappa shape index (κ3) is 4.84. The van der Waals surface area contributed by atoms with E-state index in [2.05, 4.69) is 6.92 Å². The second-order valence-corrected chi connectivity index (χ2v) is 6.33. The van der Waals surface area contributed by atoms with Crippen LogP contribution >= 0.6 is 0 Å². The molecule has 0 radical (unpaired) electrons. The Bertz CT molecular complexity index is 285. The molecule has 1 fully saturated rings. The first-order valence-corrected chi connectivity index (χ1v) is 6.96. The maximum atomic E-state index is 12.0. The van der Waals surface area contributed by atoms with Gasteiger partial charge in [0.25, 0.3) is 0 Å². The molecule has 0 aliphatic carbocycles. The van der Waals surface area contributed by atoms with Crippen LogP contribution in [0.1, 0.15) is 59.8 Å². The Morgan fingerprint density at radius 1 is 1.44 bits per heavy atom. The number of likely N-dealkylation sites (tertiary alicyclic amines) is 1. The first kappa shape index (κ1) is 15.3. The number of amides is 1. The van der Waals surface area contributed by atoms with Gasteiger partial charge in [0.1, 0.15) is 5.60 Å². The summed E-state index contributed by atoms with van der Waals surface area (Å²) in [6.45, 7) is 8.78. The average molecular weight is 257 g/mol. The lowest BCUT2D eigenvalue weighted by atomic mass is 9.88. The van der Waals surface area contributed by atoms with Crippen LogP contribution in [0.5, 0.6) is 0 Å². The minimum absolute atomic E-state index is 0.308. The standard InChI is InChI=1S/C14H27NO3/c1-5-6-8-14(17)9-7-10-15(11-14)12(16)18-13(2,3)4/h17H,5-11H2,1-4H3. The van der Waals surface area contributed by atoms with Gasteiger partial charge in [0, 0.05) is 6.54 Å². The van der Waals surface area contributed by atoms with Gasteiger partial charge < -0.3 is 14.7 Å². The third-order valence-electron chi connectivity index (χ3n) is 3.20. The first-order valence-electron chi connectivity index (χ1n) is 6.96. The zero-order valence-electron chi connectivity index (χ0n) is 12.2. The summed E-state index contributed by atoms with van der Waals surface area (Å²) in [5, 5.41) is 10.5. The fourth-order valence-corrected chi connectivity index (χ4v) is 2.30. The number of β-amino-alcohol motifs (C(OH)–C–C–N with tert-alkyl or cyclic N) is 1. The maximum absolute atomic E-state index is 12.0. The zero-order chi connectivity index (χ0) is 13.8. The molecule has 0 aromatic rings. The number of hydrogen-bond acceptors (Lipinski definition) is 3. The average Bonchev–Trinajstić information content (AvgIpc) is 2.24. The normalized spacial score (nSPS) is 25.1. The molecule has 4 heteroatoms. The van der Waals surface area contributed by atoms with Crippen molar-refractivity contribution in [3.05, 3.63) is 0 Å². The highest BCUT2D eigenvalue weighted by molar-refractivity contribution is 5.68. The van der Waals surface area contributed by atoms with Crippen molar-refractivity contribution in [3.63, 3.8) is 0 Å². The van der Waals surface area contributed by atoms with Gasteiger partial charge in [0.05, 0.1) is 12.1 Å². The Morgan fingerprint density at radius 3 is 2.67 bits per heavy atom. The number of aliphatic hydroxyl groups is 1. The topological polar surface area (TPSA) is 49.8 Å². The number of carbonyl (C=O) groups excluding carboxylic acids is 1. The molecule has 0 bridgehead atoms. The van der Waals surface area contributed by atoms with Crippen molar-refractivity contribution in [1.82, 2.24) is 4.90 Å². The van der Waals surface area contributed by atoms with Gasteiger partial charge in [-0.2, -0.15) is 0 Å². The molecule has 0 saturated carbocycles. The van der Waals surface area contributed by atoms with E-state index in [1.54, 1.807) is 4.90 Å². The van der Waals surface area contributed by atoms with Crippen molar-refractivity contribution >= 4 is 6.09 Å². The van der Waals surface area contributed by atoms with Gasteiger partial charge in [-0.05, 0) is 40.0 Å². The van der Waals surface area contributed by atoms with Crippen molar-refractivity contribution in [3.8, 4) is 0 Å². The number of ether oxygens (including phenoxy) is 1. The lowest BCUT2D eigenvalue weighted by Crippen LogP contribution is -2.51. The number of unbranched alkanes of at least 4 members (excludes halogenated alkanes) is 1. The second-order valence-electron chi connectivity index (χ2n) is 6.33. The van der Waals surface area contributed by atoms with Crippen LogP contribution in [-0.2, 0) is 4.74 Å². The van der Waals surface area contributed by atoms with Crippen molar-refractivity contribution in [2.45, 2.75) is 71.0 Å². The quantitative estimate of drug-likeness (QED) is 0.845. The molecule has 1 rings (SSSR count). The summed E-state index contributed by atoms with van der Waals surface area (Å²) in [5.74, 6) is 0. The predicted octanol–water partition coefficient (Wildman–Crippen LogP) is 2.94. The molecule has 1 aliphatic rings. The molecule has 1 N–H and O–H groups in total. The smallest absolute Gasteiger partial charge is 0.410 e. The van der Waals surface area contributed by atoms with Gasteiger partial charge in [-0.15, -0.1) is 0 Å². The molecule has 1 amide bonds. The monoisotopic (exact) mass is 257 g/mol. The van der Waals surface area contributed by atoms with Crippen LogP contribution in [0.2, 0.25) is 0 Å². The highest BCUT2D eigenvalue weighted by Gasteiger charge is 2.36. The Labute approximate surface area is 110 Å². The summed E-state index contributed by atoms with van der Waals surface area (Å²) in [7, 11) is 0. The van der Waals surface area contributed by atoms with Crippen LogP contribution in [0.4, 0.5) is 4.79 Å². The highest BCUT2D eigenvalue weighted by atomic mass is 16.6. The maximum Gasteiger partial charge on any atom is 0.410 e. The van der Waals surface area contributed by atoms with E-state index < -0.39 is 11.2 Å². The lowest BCUT2D eigenvalue weighted by molar-refractivity contribution is -0.0481. The molecular formula is C14H27NO3. The molecule has 1 heterocycles. The Hall–Kier alpha value is -0.770. The fourth-order valence-electron chi connectivity index (χ4n) is 2.30. The lowest BCUT2D eigenvalue weighted by Gasteiger charge is -2.39. The van der Waals surface area contributed by atoms with Gasteiger partial charge in [-0.3, -0.25) is 0 Å². The number of rotatable bonds is 3. The SMILES string of the molecule is CCCCC1(O)CCCN(C(=O)OC(C)(C)C)C1. The minimum Gasteiger partial charge on any atom is -0.444 e.